The highest BCUT2D eigenvalue weighted by Crippen LogP contribution is 1.84. The lowest BCUT2D eigenvalue weighted by Crippen LogP contribution is -1.29. The van der Waals surface area contributed by atoms with Crippen molar-refractivity contribution in [2.75, 3.05) is 6.26 Å². The molecule has 0 rings (SSSR count). The van der Waals surface area contributed by atoms with Crippen molar-refractivity contribution < 1.29 is 0 Å². The van der Waals surface area contributed by atoms with Crippen LogP contribution in [0.3, 0.4) is 0 Å². The second-order valence-electron chi connectivity index (χ2n) is 0.312. The third-order valence-corrected chi connectivity index (χ3v) is 0.387. The van der Waals surface area contributed by atoms with E-state index in [0.29, 0.717) is 0 Å². The van der Waals surface area contributed by atoms with Gasteiger partial charge in [-0.25, -0.2) is 4.40 Å². The first-order chi connectivity index (χ1) is 1.91. The molecule has 0 heterocycles. The molecular formula is C2H5NS. The Bertz CT molecular complexity index is 20.0. The van der Waals surface area contributed by atoms with Gasteiger partial charge in [0.25, 0.3) is 0 Å². The van der Waals surface area contributed by atoms with Crippen LogP contribution in [0.5, 0.6) is 0 Å². The quantitative estimate of drug-likeness (QED) is 0.334. The van der Waals surface area contributed by atoms with Crippen LogP contribution in [0.25, 0.3) is 0 Å². The van der Waals surface area contributed by atoms with Crippen LogP contribution in [0.4, 0.5) is 0 Å². The van der Waals surface area contributed by atoms with Crippen molar-refractivity contribution in [3.8, 4) is 0 Å². The highest BCUT2D eigenvalue weighted by atomic mass is 32.2. The zero-order valence-electron chi connectivity index (χ0n) is 2.56. The zero-order valence-corrected chi connectivity index (χ0v) is 3.38. The average molecular weight is 75.1 g/mol. The second kappa shape index (κ2) is 3.02. The molecule has 0 bridgehead atoms. The van der Waals surface area contributed by atoms with E-state index < -0.39 is 0 Å². The van der Waals surface area contributed by atoms with Gasteiger partial charge in [-0.15, -0.1) is 0 Å². The van der Waals surface area contributed by atoms with E-state index in [2.05, 4.69) is 11.1 Å². The first-order valence-electron chi connectivity index (χ1n) is 0.907. The molecule has 4 heavy (non-hydrogen) atoms. The summed E-state index contributed by atoms with van der Waals surface area (Å²) in [4.78, 5) is 0. The Morgan fingerprint density at radius 2 is 2.25 bits per heavy atom. The second-order valence-corrected chi connectivity index (χ2v) is 0.935. The van der Waals surface area contributed by atoms with Crippen LogP contribution in [0, 0.1) is 0 Å². The lowest BCUT2D eigenvalue weighted by Gasteiger charge is -1.60. The van der Waals surface area contributed by atoms with Crippen molar-refractivity contribution in [1.82, 2.24) is 0 Å². The average Bonchev–Trinajstić information content (AvgIpc) is 1.37. The standard InChI is InChI=1S/C2H5NS/c1-3-4-2/h1H2,2H3. The molecule has 0 fully saturated rings. The number of hydrogen-bond donors (Lipinski definition) is 0. The molecule has 0 saturated heterocycles. The van der Waals surface area contributed by atoms with Gasteiger partial charge in [0.15, 0.2) is 0 Å². The summed E-state index contributed by atoms with van der Waals surface area (Å²) in [6, 6.07) is 0. The summed E-state index contributed by atoms with van der Waals surface area (Å²) in [6.45, 7) is 3.19. The zero-order chi connectivity index (χ0) is 3.41. The topological polar surface area (TPSA) is 12.4 Å². The van der Waals surface area contributed by atoms with Gasteiger partial charge in [0.2, 0.25) is 0 Å². The fourth-order valence-corrected chi connectivity index (χ4v) is 0. The third-order valence-electron chi connectivity index (χ3n) is 0.129. The van der Waals surface area contributed by atoms with Gasteiger partial charge < -0.3 is 0 Å². The summed E-state index contributed by atoms with van der Waals surface area (Å²) in [5.41, 5.74) is 0. The first-order valence-corrected chi connectivity index (χ1v) is 2.09. The van der Waals surface area contributed by atoms with E-state index in [4.69, 9.17) is 0 Å². The Balaban J connectivity index is 2.30. The lowest BCUT2D eigenvalue weighted by molar-refractivity contribution is 2.02. The Morgan fingerprint density at radius 3 is 2.25 bits per heavy atom. The summed E-state index contributed by atoms with van der Waals surface area (Å²) in [5, 5.41) is 0. The van der Waals surface area contributed by atoms with E-state index >= 15 is 0 Å². The van der Waals surface area contributed by atoms with Gasteiger partial charge in [-0.05, 0) is 18.7 Å². The maximum atomic E-state index is 3.40. The highest BCUT2D eigenvalue weighted by molar-refractivity contribution is 7.97. The van der Waals surface area contributed by atoms with E-state index in [-0.39, 0.29) is 0 Å². The van der Waals surface area contributed by atoms with Crippen molar-refractivity contribution in [1.29, 1.82) is 0 Å². The molecule has 0 saturated carbocycles. The van der Waals surface area contributed by atoms with Crippen LogP contribution in [-0.4, -0.2) is 13.0 Å². The smallest absolute Gasteiger partial charge is 0.00370 e. The Kier molecular flexibility index (Phi) is 3.04. The molecule has 0 amide bonds. The van der Waals surface area contributed by atoms with Crippen LogP contribution in [0.15, 0.2) is 4.40 Å². The summed E-state index contributed by atoms with van der Waals surface area (Å²) in [7, 11) is 0. The molecule has 2 heteroatoms. The van der Waals surface area contributed by atoms with Crippen LogP contribution in [-0.2, 0) is 0 Å². The molecule has 0 N–H and O–H groups in total. The van der Waals surface area contributed by atoms with Gasteiger partial charge in [-0.2, -0.15) is 0 Å². The summed E-state index contributed by atoms with van der Waals surface area (Å²) >= 11 is 1.37. The van der Waals surface area contributed by atoms with Gasteiger partial charge in [-0.3, -0.25) is 0 Å². The third kappa shape index (κ3) is 2.02. The Labute approximate surface area is 30.3 Å². The predicted octanol–water partition coefficient (Wildman–Crippen LogP) is 0.965. The molecule has 0 aromatic heterocycles. The molecule has 0 aromatic rings. The minimum Gasteiger partial charge on any atom is -0.233 e. The molecule has 0 unspecified atom stereocenters. The van der Waals surface area contributed by atoms with E-state index in [0.717, 1.165) is 0 Å². The van der Waals surface area contributed by atoms with Crippen LogP contribution < -0.4 is 0 Å². The summed E-state index contributed by atoms with van der Waals surface area (Å²) in [6.07, 6.45) is 1.87. The molecule has 0 aliphatic rings. The van der Waals surface area contributed by atoms with Crippen LogP contribution in [0.1, 0.15) is 0 Å². The summed E-state index contributed by atoms with van der Waals surface area (Å²) in [5.74, 6) is 0. The van der Waals surface area contributed by atoms with Gasteiger partial charge in [0.1, 0.15) is 0 Å². The van der Waals surface area contributed by atoms with E-state index in [1.807, 2.05) is 6.26 Å². The Hall–Kier alpha value is 0.0200. The molecule has 0 radical (unpaired) electrons. The van der Waals surface area contributed by atoms with Gasteiger partial charge in [-0.1, -0.05) is 0 Å². The molecule has 0 aromatic carbocycles. The number of rotatable bonds is 1. The van der Waals surface area contributed by atoms with E-state index in [9.17, 15) is 0 Å². The largest absolute Gasteiger partial charge is 0.233 e. The fourth-order valence-electron chi connectivity index (χ4n) is 0. The molecule has 0 atom stereocenters. The molecule has 0 spiro atoms. The van der Waals surface area contributed by atoms with Crippen LogP contribution in [0.2, 0.25) is 0 Å². The molecular weight excluding hydrogens is 70.1 g/mol. The first kappa shape index (κ1) is 4.02. The maximum absolute atomic E-state index is 3.40. The van der Waals surface area contributed by atoms with Gasteiger partial charge in [0, 0.05) is 6.26 Å². The van der Waals surface area contributed by atoms with E-state index in [1.165, 1.54) is 11.9 Å². The monoisotopic (exact) mass is 75.0 g/mol. The molecule has 0 aliphatic carbocycles. The van der Waals surface area contributed by atoms with Crippen molar-refractivity contribution >= 4 is 18.7 Å². The van der Waals surface area contributed by atoms with Crippen molar-refractivity contribution in [3.05, 3.63) is 0 Å². The SMILES string of the molecule is C=NSC. The minimum absolute atomic E-state index is 1.37. The van der Waals surface area contributed by atoms with Gasteiger partial charge >= 0.3 is 0 Å². The van der Waals surface area contributed by atoms with Crippen LogP contribution >= 0.6 is 11.9 Å². The normalized spacial score (nSPS) is 6.25. The molecule has 1 nitrogen and oxygen atoms in total. The molecule has 24 valence electrons. The van der Waals surface area contributed by atoms with Crippen molar-refractivity contribution in [2.45, 2.75) is 0 Å². The Morgan fingerprint density at radius 1 is 2.00 bits per heavy atom. The van der Waals surface area contributed by atoms with Gasteiger partial charge in [0.05, 0.1) is 0 Å². The lowest BCUT2D eigenvalue weighted by atomic mass is 11.8. The summed E-state index contributed by atoms with van der Waals surface area (Å²) < 4.78 is 3.40. The van der Waals surface area contributed by atoms with E-state index in [1.54, 1.807) is 0 Å². The minimum atomic E-state index is 1.37. The van der Waals surface area contributed by atoms with Crippen molar-refractivity contribution in [2.24, 2.45) is 4.40 Å². The predicted molar refractivity (Wildman–Crippen MR) is 23.1 cm³/mol. The number of hydrogen-bond acceptors (Lipinski definition) is 2. The van der Waals surface area contributed by atoms with Crippen molar-refractivity contribution in [3.63, 3.8) is 0 Å². The highest BCUT2D eigenvalue weighted by Gasteiger charge is 1.43. The number of nitrogens with zero attached hydrogens (tertiary/aromatic N) is 1. The molecule has 0 aliphatic heterocycles. The fraction of sp³-hybridized carbons (Fsp3) is 0.500. The maximum Gasteiger partial charge on any atom is 0.00370 e.